The quantitative estimate of drug-likeness (QED) is 0.901. The van der Waals surface area contributed by atoms with Crippen molar-refractivity contribution in [3.63, 3.8) is 0 Å². The summed E-state index contributed by atoms with van der Waals surface area (Å²) < 4.78 is 5.20. The lowest BCUT2D eigenvalue weighted by Crippen LogP contribution is -2.44. The number of halogens is 1. The van der Waals surface area contributed by atoms with Crippen molar-refractivity contribution in [3.8, 4) is 0 Å². The summed E-state index contributed by atoms with van der Waals surface area (Å²) in [5.41, 5.74) is 0. The topological polar surface area (TPSA) is 41.6 Å². The van der Waals surface area contributed by atoms with Crippen LogP contribution in [0.2, 0.25) is 5.02 Å². The van der Waals surface area contributed by atoms with Crippen LogP contribution in [0.3, 0.4) is 0 Å². The largest absolute Gasteiger partial charge is 0.378 e. The number of nitrogens with zero attached hydrogens (tertiary/aromatic N) is 1. The maximum Gasteiger partial charge on any atom is 0.236 e. The Morgan fingerprint density at radius 1 is 1.53 bits per heavy atom. The Bertz CT molecular complexity index is 377. The molecule has 2 heterocycles. The number of hydrogen-bond donors (Lipinski definition) is 1. The average molecular weight is 275 g/mol. The summed E-state index contributed by atoms with van der Waals surface area (Å²) in [6, 6.07) is 1.87. The van der Waals surface area contributed by atoms with Gasteiger partial charge in [-0.15, -0.1) is 11.3 Å². The molecule has 1 aliphatic heterocycles. The molecule has 1 fully saturated rings. The molecule has 0 unspecified atom stereocenters. The Kier molecular flexibility index (Phi) is 4.79. The van der Waals surface area contributed by atoms with Crippen molar-refractivity contribution < 1.29 is 9.53 Å². The summed E-state index contributed by atoms with van der Waals surface area (Å²) in [6.07, 6.45) is 0. The second kappa shape index (κ2) is 6.35. The van der Waals surface area contributed by atoms with Crippen molar-refractivity contribution >= 4 is 28.8 Å². The van der Waals surface area contributed by atoms with Gasteiger partial charge in [-0.25, -0.2) is 0 Å². The van der Waals surface area contributed by atoms with Gasteiger partial charge in [0.15, 0.2) is 0 Å². The SMILES string of the molecule is O=C(CNCc1sccc1Cl)N1CCOCC1. The lowest BCUT2D eigenvalue weighted by Gasteiger charge is -2.26. The number of carbonyl (C=O) groups is 1. The molecule has 0 atom stereocenters. The molecule has 17 heavy (non-hydrogen) atoms. The molecule has 0 spiro atoms. The van der Waals surface area contributed by atoms with E-state index >= 15 is 0 Å². The van der Waals surface area contributed by atoms with Crippen LogP contribution >= 0.6 is 22.9 Å². The summed E-state index contributed by atoms with van der Waals surface area (Å²) in [5.74, 6) is 0.126. The average Bonchev–Trinajstić information content (AvgIpc) is 2.76. The first kappa shape index (κ1) is 12.8. The molecule has 1 N–H and O–H groups in total. The van der Waals surface area contributed by atoms with Gasteiger partial charge in [-0.05, 0) is 11.4 Å². The number of amides is 1. The van der Waals surface area contributed by atoms with Crippen LogP contribution in [0.15, 0.2) is 11.4 Å². The molecule has 1 amide bonds. The number of carbonyl (C=O) groups excluding carboxylic acids is 1. The van der Waals surface area contributed by atoms with E-state index in [0.717, 1.165) is 9.90 Å². The number of hydrogen-bond acceptors (Lipinski definition) is 4. The zero-order valence-corrected chi connectivity index (χ0v) is 11.0. The van der Waals surface area contributed by atoms with E-state index in [2.05, 4.69) is 5.32 Å². The standard InChI is InChI=1S/C11H15ClN2O2S/c12-9-1-6-17-10(9)7-13-8-11(15)14-2-4-16-5-3-14/h1,6,13H,2-5,7-8H2. The fraction of sp³-hybridized carbons (Fsp3) is 0.545. The molecule has 1 saturated heterocycles. The highest BCUT2D eigenvalue weighted by atomic mass is 35.5. The zero-order valence-electron chi connectivity index (χ0n) is 9.45. The van der Waals surface area contributed by atoms with Crippen molar-refractivity contribution in [2.45, 2.75) is 6.54 Å². The molecule has 1 aromatic rings. The highest BCUT2D eigenvalue weighted by Gasteiger charge is 2.16. The normalized spacial score (nSPS) is 16.2. The number of rotatable bonds is 4. The van der Waals surface area contributed by atoms with Gasteiger partial charge in [0.25, 0.3) is 0 Å². The highest BCUT2D eigenvalue weighted by molar-refractivity contribution is 7.10. The Morgan fingerprint density at radius 3 is 2.94 bits per heavy atom. The second-order valence-electron chi connectivity index (χ2n) is 3.79. The third-order valence-electron chi connectivity index (χ3n) is 2.62. The monoisotopic (exact) mass is 274 g/mol. The van der Waals surface area contributed by atoms with E-state index in [4.69, 9.17) is 16.3 Å². The molecule has 4 nitrogen and oxygen atoms in total. The van der Waals surface area contributed by atoms with E-state index in [1.165, 1.54) is 0 Å². The van der Waals surface area contributed by atoms with Gasteiger partial charge in [0.1, 0.15) is 0 Å². The van der Waals surface area contributed by atoms with Crippen LogP contribution in [-0.4, -0.2) is 43.7 Å². The van der Waals surface area contributed by atoms with Crippen molar-refractivity contribution in [3.05, 3.63) is 21.3 Å². The first-order valence-electron chi connectivity index (χ1n) is 5.55. The van der Waals surface area contributed by atoms with Gasteiger partial charge in [-0.3, -0.25) is 4.79 Å². The Morgan fingerprint density at radius 2 is 2.29 bits per heavy atom. The lowest BCUT2D eigenvalue weighted by atomic mass is 10.4. The predicted octanol–water partition coefficient (Wildman–Crippen LogP) is 1.35. The fourth-order valence-electron chi connectivity index (χ4n) is 1.66. The maximum absolute atomic E-state index is 11.8. The molecular formula is C11H15ClN2O2S. The van der Waals surface area contributed by atoms with E-state index in [9.17, 15) is 4.79 Å². The van der Waals surface area contributed by atoms with E-state index in [-0.39, 0.29) is 5.91 Å². The molecule has 0 aliphatic carbocycles. The Labute approximate surface area is 110 Å². The minimum absolute atomic E-state index is 0.126. The van der Waals surface area contributed by atoms with Crippen LogP contribution in [0.4, 0.5) is 0 Å². The van der Waals surface area contributed by atoms with Crippen molar-refractivity contribution in [1.29, 1.82) is 0 Å². The highest BCUT2D eigenvalue weighted by Crippen LogP contribution is 2.21. The number of nitrogens with one attached hydrogen (secondary N) is 1. The summed E-state index contributed by atoms with van der Waals surface area (Å²) in [4.78, 5) is 14.7. The van der Waals surface area contributed by atoms with E-state index < -0.39 is 0 Å². The van der Waals surface area contributed by atoms with Crippen LogP contribution in [0.5, 0.6) is 0 Å². The summed E-state index contributed by atoms with van der Waals surface area (Å²) >= 11 is 7.56. The van der Waals surface area contributed by atoms with E-state index in [1.807, 2.05) is 16.3 Å². The van der Waals surface area contributed by atoms with Gasteiger partial charge in [-0.2, -0.15) is 0 Å². The van der Waals surface area contributed by atoms with Gasteiger partial charge in [0.2, 0.25) is 5.91 Å². The van der Waals surface area contributed by atoms with Crippen LogP contribution in [0.25, 0.3) is 0 Å². The molecule has 94 valence electrons. The number of ether oxygens (including phenoxy) is 1. The van der Waals surface area contributed by atoms with Crippen molar-refractivity contribution in [1.82, 2.24) is 10.2 Å². The van der Waals surface area contributed by atoms with Gasteiger partial charge in [-0.1, -0.05) is 11.6 Å². The zero-order chi connectivity index (χ0) is 12.1. The third kappa shape index (κ3) is 3.67. The molecule has 2 rings (SSSR count). The Balaban J connectivity index is 1.71. The van der Waals surface area contributed by atoms with Crippen molar-refractivity contribution in [2.24, 2.45) is 0 Å². The van der Waals surface area contributed by atoms with Gasteiger partial charge in [0, 0.05) is 24.5 Å². The van der Waals surface area contributed by atoms with Gasteiger partial charge >= 0.3 is 0 Å². The van der Waals surface area contributed by atoms with Crippen LogP contribution in [-0.2, 0) is 16.1 Å². The molecule has 0 radical (unpaired) electrons. The molecular weight excluding hydrogens is 260 g/mol. The second-order valence-corrected chi connectivity index (χ2v) is 5.20. The van der Waals surface area contributed by atoms with Gasteiger partial charge in [0.05, 0.1) is 24.8 Å². The molecule has 6 heteroatoms. The summed E-state index contributed by atoms with van der Waals surface area (Å²) in [7, 11) is 0. The van der Waals surface area contributed by atoms with Crippen LogP contribution in [0, 0.1) is 0 Å². The lowest BCUT2D eigenvalue weighted by molar-refractivity contribution is -0.134. The van der Waals surface area contributed by atoms with E-state index in [0.29, 0.717) is 39.4 Å². The van der Waals surface area contributed by atoms with Crippen LogP contribution < -0.4 is 5.32 Å². The van der Waals surface area contributed by atoms with Crippen LogP contribution in [0.1, 0.15) is 4.88 Å². The first-order chi connectivity index (χ1) is 8.27. The molecule has 0 aromatic carbocycles. The van der Waals surface area contributed by atoms with E-state index in [1.54, 1.807) is 11.3 Å². The maximum atomic E-state index is 11.8. The Hall–Kier alpha value is -0.620. The minimum atomic E-state index is 0.126. The fourth-order valence-corrected chi connectivity index (χ4v) is 2.73. The summed E-state index contributed by atoms with van der Waals surface area (Å²) in [5, 5.41) is 5.83. The first-order valence-corrected chi connectivity index (χ1v) is 6.81. The molecule has 0 saturated carbocycles. The minimum Gasteiger partial charge on any atom is -0.378 e. The van der Waals surface area contributed by atoms with Crippen molar-refractivity contribution in [2.75, 3.05) is 32.8 Å². The molecule has 1 aromatic heterocycles. The third-order valence-corrected chi connectivity index (χ3v) is 4.00. The molecule has 0 bridgehead atoms. The smallest absolute Gasteiger partial charge is 0.236 e. The predicted molar refractivity (Wildman–Crippen MR) is 68.4 cm³/mol. The van der Waals surface area contributed by atoms with Gasteiger partial charge < -0.3 is 15.0 Å². The number of thiophene rings is 1. The summed E-state index contributed by atoms with van der Waals surface area (Å²) in [6.45, 7) is 3.67. The molecule has 1 aliphatic rings. The number of morpholine rings is 1.